The van der Waals surface area contributed by atoms with Crippen molar-refractivity contribution in [1.29, 1.82) is 0 Å². The van der Waals surface area contributed by atoms with Crippen molar-refractivity contribution in [2.24, 2.45) is 0 Å². The maximum Gasteiger partial charge on any atom is 0.411 e. The van der Waals surface area contributed by atoms with E-state index < -0.39 is 23.7 Å². The minimum absolute atomic E-state index is 0.245. The molecule has 2 heterocycles. The van der Waals surface area contributed by atoms with Crippen molar-refractivity contribution in [3.8, 4) is 0 Å². The molecular weight excluding hydrogens is 288 g/mol. The first-order valence-electron chi connectivity index (χ1n) is 7.23. The van der Waals surface area contributed by atoms with Gasteiger partial charge in [-0.15, -0.1) is 0 Å². The van der Waals surface area contributed by atoms with Crippen LogP contribution in [0.25, 0.3) is 0 Å². The minimum atomic E-state index is -1.03. The molecule has 0 aromatic carbocycles. The van der Waals surface area contributed by atoms with Crippen LogP contribution in [0, 0.1) is 0 Å². The third kappa shape index (κ3) is 4.24. The minimum Gasteiger partial charge on any atom is -0.480 e. The molecule has 122 valence electrons. The van der Waals surface area contributed by atoms with Crippen molar-refractivity contribution in [3.63, 3.8) is 0 Å². The number of ether oxygens (including phenoxy) is 1. The fourth-order valence-electron chi connectivity index (χ4n) is 2.36. The first-order valence-corrected chi connectivity index (χ1v) is 7.23. The first-order chi connectivity index (χ1) is 10.3. The van der Waals surface area contributed by atoms with E-state index in [1.165, 1.54) is 4.90 Å². The van der Waals surface area contributed by atoms with E-state index >= 15 is 0 Å². The van der Waals surface area contributed by atoms with Gasteiger partial charge in [0.15, 0.2) is 0 Å². The van der Waals surface area contributed by atoms with Crippen molar-refractivity contribution in [2.45, 2.75) is 39.0 Å². The molecule has 1 N–H and O–H groups in total. The Morgan fingerprint density at radius 2 is 2.14 bits per heavy atom. The van der Waals surface area contributed by atoms with Crippen molar-refractivity contribution in [1.82, 2.24) is 9.80 Å². The van der Waals surface area contributed by atoms with Gasteiger partial charge in [0.25, 0.3) is 0 Å². The van der Waals surface area contributed by atoms with Crippen LogP contribution < -0.4 is 0 Å². The van der Waals surface area contributed by atoms with Gasteiger partial charge in [0.1, 0.15) is 17.4 Å². The molecular formula is C15H22N2O5. The fourth-order valence-corrected chi connectivity index (χ4v) is 2.36. The number of piperazine rings is 1. The lowest BCUT2D eigenvalue weighted by atomic mass is 10.1. The summed E-state index contributed by atoms with van der Waals surface area (Å²) >= 11 is 0. The third-order valence-electron chi connectivity index (χ3n) is 3.34. The van der Waals surface area contributed by atoms with Crippen LogP contribution >= 0.6 is 0 Å². The van der Waals surface area contributed by atoms with Gasteiger partial charge in [0.05, 0.1) is 12.8 Å². The molecule has 2 rings (SSSR count). The van der Waals surface area contributed by atoms with Crippen LogP contribution in [0.5, 0.6) is 0 Å². The Balaban J connectivity index is 2.02. The van der Waals surface area contributed by atoms with E-state index in [2.05, 4.69) is 0 Å². The van der Waals surface area contributed by atoms with E-state index in [0.29, 0.717) is 19.6 Å². The highest BCUT2D eigenvalue weighted by atomic mass is 16.6. The Kier molecular flexibility index (Phi) is 4.75. The smallest absolute Gasteiger partial charge is 0.411 e. The van der Waals surface area contributed by atoms with Crippen LogP contribution in [0.1, 0.15) is 26.5 Å². The largest absolute Gasteiger partial charge is 0.480 e. The number of carbonyl (C=O) groups is 2. The van der Waals surface area contributed by atoms with Crippen LogP contribution in [0.15, 0.2) is 22.8 Å². The molecule has 0 aliphatic carbocycles. The molecule has 1 aliphatic heterocycles. The zero-order valence-electron chi connectivity index (χ0n) is 13.1. The predicted octanol–water partition coefficient (Wildman–Crippen LogP) is 1.79. The molecule has 22 heavy (non-hydrogen) atoms. The van der Waals surface area contributed by atoms with E-state index in [-0.39, 0.29) is 6.54 Å². The summed E-state index contributed by atoms with van der Waals surface area (Å²) in [6.07, 6.45) is 0.999. The van der Waals surface area contributed by atoms with Crippen LogP contribution in [0.2, 0.25) is 0 Å². The van der Waals surface area contributed by atoms with Gasteiger partial charge in [0, 0.05) is 19.6 Å². The van der Waals surface area contributed by atoms with Gasteiger partial charge >= 0.3 is 12.1 Å². The van der Waals surface area contributed by atoms with Crippen LogP contribution in [-0.4, -0.2) is 58.2 Å². The molecule has 1 saturated heterocycles. The highest BCUT2D eigenvalue weighted by Gasteiger charge is 2.37. The fraction of sp³-hybridized carbons (Fsp3) is 0.600. The standard InChI is InChI=1S/C15H22N2O5/c1-15(2,3)22-14(20)17-7-6-16(10-12(17)13(18)19)9-11-5-4-8-21-11/h4-5,8,12H,6-7,9-10H2,1-3H3,(H,18,19)/t12-/m1/s1. The highest BCUT2D eigenvalue weighted by Crippen LogP contribution is 2.17. The van der Waals surface area contributed by atoms with Gasteiger partial charge in [-0.3, -0.25) is 9.80 Å². The number of aliphatic carboxylic acids is 1. The number of hydrogen-bond donors (Lipinski definition) is 1. The molecule has 0 bridgehead atoms. The van der Waals surface area contributed by atoms with Gasteiger partial charge in [-0.05, 0) is 32.9 Å². The number of hydrogen-bond acceptors (Lipinski definition) is 5. The number of amides is 1. The number of carboxylic acids is 1. The first kappa shape index (κ1) is 16.4. The number of nitrogens with zero attached hydrogens (tertiary/aromatic N) is 2. The monoisotopic (exact) mass is 310 g/mol. The van der Waals surface area contributed by atoms with E-state index in [9.17, 15) is 14.7 Å². The number of furan rings is 1. The van der Waals surface area contributed by atoms with Gasteiger partial charge in [-0.2, -0.15) is 0 Å². The molecule has 1 aliphatic rings. The molecule has 1 amide bonds. The van der Waals surface area contributed by atoms with Crippen molar-refractivity contribution < 1.29 is 23.8 Å². The SMILES string of the molecule is CC(C)(C)OC(=O)N1CCN(Cc2ccco2)C[C@@H]1C(=O)O. The molecule has 0 saturated carbocycles. The maximum atomic E-state index is 12.2. The van der Waals surface area contributed by atoms with Gasteiger partial charge in [-0.1, -0.05) is 0 Å². The van der Waals surface area contributed by atoms with Crippen molar-refractivity contribution in [3.05, 3.63) is 24.2 Å². The Bertz CT molecular complexity index is 521. The number of carbonyl (C=O) groups excluding carboxylic acids is 1. The average molecular weight is 310 g/mol. The van der Waals surface area contributed by atoms with Crippen LogP contribution in [0.3, 0.4) is 0 Å². The van der Waals surface area contributed by atoms with Crippen molar-refractivity contribution >= 4 is 12.1 Å². The van der Waals surface area contributed by atoms with E-state index in [1.807, 2.05) is 11.0 Å². The second kappa shape index (κ2) is 6.39. The molecule has 0 radical (unpaired) electrons. The summed E-state index contributed by atoms with van der Waals surface area (Å²) < 4.78 is 10.6. The predicted molar refractivity (Wildman–Crippen MR) is 78.3 cm³/mol. The number of carboxylic acid groups (broad SMARTS) is 1. The Labute approximate surface area is 129 Å². The molecule has 7 nitrogen and oxygen atoms in total. The summed E-state index contributed by atoms with van der Waals surface area (Å²) in [5.74, 6) is -0.259. The lowest BCUT2D eigenvalue weighted by Gasteiger charge is -2.39. The zero-order chi connectivity index (χ0) is 16.3. The second-order valence-corrected chi connectivity index (χ2v) is 6.34. The molecule has 0 unspecified atom stereocenters. The lowest BCUT2D eigenvalue weighted by Crippen LogP contribution is -2.58. The topological polar surface area (TPSA) is 83.2 Å². The second-order valence-electron chi connectivity index (χ2n) is 6.34. The summed E-state index contributed by atoms with van der Waals surface area (Å²) in [6, 6.07) is 2.72. The molecule has 1 aromatic rings. The van der Waals surface area contributed by atoms with Crippen LogP contribution in [-0.2, 0) is 16.1 Å². The maximum absolute atomic E-state index is 12.2. The molecule has 1 fully saturated rings. The van der Waals surface area contributed by atoms with Gasteiger partial charge in [0.2, 0.25) is 0 Å². The number of rotatable bonds is 3. The van der Waals surface area contributed by atoms with E-state index in [0.717, 1.165) is 5.76 Å². The van der Waals surface area contributed by atoms with Gasteiger partial charge in [-0.25, -0.2) is 9.59 Å². The summed E-state index contributed by atoms with van der Waals surface area (Å²) in [4.78, 5) is 26.9. The highest BCUT2D eigenvalue weighted by molar-refractivity contribution is 5.80. The van der Waals surface area contributed by atoms with E-state index in [1.54, 1.807) is 33.1 Å². The summed E-state index contributed by atoms with van der Waals surface area (Å²) in [5, 5.41) is 9.40. The normalized spacial score (nSPS) is 20.0. The van der Waals surface area contributed by atoms with E-state index in [4.69, 9.17) is 9.15 Å². The molecule has 0 spiro atoms. The van der Waals surface area contributed by atoms with Crippen LogP contribution in [0.4, 0.5) is 4.79 Å². The summed E-state index contributed by atoms with van der Waals surface area (Å²) in [7, 11) is 0. The zero-order valence-corrected chi connectivity index (χ0v) is 13.1. The quantitative estimate of drug-likeness (QED) is 0.916. The Hall–Kier alpha value is -2.02. The average Bonchev–Trinajstić information content (AvgIpc) is 2.89. The van der Waals surface area contributed by atoms with Gasteiger partial charge < -0.3 is 14.3 Å². The molecule has 7 heteroatoms. The summed E-state index contributed by atoms with van der Waals surface area (Å²) in [5.41, 5.74) is -0.647. The Morgan fingerprint density at radius 1 is 1.41 bits per heavy atom. The molecule has 1 atom stereocenters. The lowest BCUT2D eigenvalue weighted by molar-refractivity contribution is -0.145. The third-order valence-corrected chi connectivity index (χ3v) is 3.34. The van der Waals surface area contributed by atoms with Crippen molar-refractivity contribution in [2.75, 3.05) is 19.6 Å². The molecule has 1 aromatic heterocycles. The Morgan fingerprint density at radius 3 is 2.68 bits per heavy atom. The summed E-state index contributed by atoms with van der Waals surface area (Å²) in [6.45, 7) is 6.93.